The summed E-state index contributed by atoms with van der Waals surface area (Å²) in [5.74, 6) is 0.856. The lowest BCUT2D eigenvalue weighted by Gasteiger charge is -2.41. The summed E-state index contributed by atoms with van der Waals surface area (Å²) in [6, 6.07) is 8.77. The zero-order valence-electron chi connectivity index (χ0n) is 14.7. The predicted molar refractivity (Wildman–Crippen MR) is 98.6 cm³/mol. The standard InChI is InChI=1S/C18H26N4OS/c1-18(2,13-19-17-20-16(21-24-17)9-11-23-3)22-10-8-14-6-4-5-7-15(14)12-22/h4-7H,8-13H2,1-3H3,(H,19,20,21). The maximum Gasteiger partial charge on any atom is 0.202 e. The van der Waals surface area contributed by atoms with Gasteiger partial charge in [0.2, 0.25) is 5.13 Å². The molecule has 0 atom stereocenters. The second kappa shape index (κ2) is 7.59. The van der Waals surface area contributed by atoms with Crippen molar-refractivity contribution in [2.45, 2.75) is 38.8 Å². The number of ether oxygens (including phenoxy) is 1. The van der Waals surface area contributed by atoms with Crippen molar-refractivity contribution in [1.82, 2.24) is 14.3 Å². The van der Waals surface area contributed by atoms with Crippen molar-refractivity contribution in [2.75, 3.05) is 32.1 Å². The van der Waals surface area contributed by atoms with E-state index in [-0.39, 0.29) is 5.54 Å². The number of benzene rings is 1. The molecule has 24 heavy (non-hydrogen) atoms. The van der Waals surface area contributed by atoms with Gasteiger partial charge in [-0.2, -0.15) is 4.37 Å². The van der Waals surface area contributed by atoms with Crippen LogP contribution in [0.3, 0.4) is 0 Å². The van der Waals surface area contributed by atoms with Crippen LogP contribution < -0.4 is 5.32 Å². The van der Waals surface area contributed by atoms with E-state index in [0.29, 0.717) is 6.61 Å². The minimum Gasteiger partial charge on any atom is -0.384 e. The Morgan fingerprint density at radius 1 is 1.29 bits per heavy atom. The molecule has 0 amide bonds. The molecule has 1 aromatic heterocycles. The van der Waals surface area contributed by atoms with Gasteiger partial charge in [0, 0.05) is 50.2 Å². The number of nitrogens with zero attached hydrogens (tertiary/aromatic N) is 3. The minimum atomic E-state index is 0.0614. The summed E-state index contributed by atoms with van der Waals surface area (Å²) in [6.45, 7) is 8.21. The summed E-state index contributed by atoms with van der Waals surface area (Å²) in [6.07, 6.45) is 1.89. The molecular formula is C18H26N4OS. The number of nitrogens with one attached hydrogen (secondary N) is 1. The van der Waals surface area contributed by atoms with Crippen LogP contribution in [-0.4, -0.2) is 46.6 Å². The molecule has 0 saturated carbocycles. The third kappa shape index (κ3) is 4.12. The van der Waals surface area contributed by atoms with E-state index in [4.69, 9.17) is 4.74 Å². The van der Waals surface area contributed by atoms with Crippen LogP contribution in [-0.2, 0) is 24.1 Å². The molecule has 0 fully saturated rings. The Balaban J connectivity index is 1.57. The molecule has 1 N–H and O–H groups in total. The van der Waals surface area contributed by atoms with Crippen molar-refractivity contribution in [1.29, 1.82) is 0 Å². The Bertz CT molecular complexity index is 671. The molecule has 1 aromatic carbocycles. The lowest BCUT2D eigenvalue weighted by molar-refractivity contribution is 0.115. The van der Waals surface area contributed by atoms with Crippen molar-refractivity contribution >= 4 is 16.7 Å². The van der Waals surface area contributed by atoms with Crippen LogP contribution in [0.25, 0.3) is 0 Å². The Morgan fingerprint density at radius 3 is 2.88 bits per heavy atom. The van der Waals surface area contributed by atoms with Crippen molar-refractivity contribution in [3.8, 4) is 0 Å². The fourth-order valence-corrected chi connectivity index (χ4v) is 3.64. The van der Waals surface area contributed by atoms with E-state index in [1.807, 2.05) is 0 Å². The van der Waals surface area contributed by atoms with Gasteiger partial charge in [-0.1, -0.05) is 24.3 Å². The van der Waals surface area contributed by atoms with Gasteiger partial charge < -0.3 is 10.1 Å². The first-order valence-electron chi connectivity index (χ1n) is 8.46. The van der Waals surface area contributed by atoms with Crippen molar-refractivity contribution in [3.05, 3.63) is 41.2 Å². The maximum atomic E-state index is 5.07. The first-order chi connectivity index (χ1) is 11.6. The molecule has 0 aliphatic carbocycles. The monoisotopic (exact) mass is 346 g/mol. The van der Waals surface area contributed by atoms with Gasteiger partial charge in [0.1, 0.15) is 5.82 Å². The molecule has 0 spiro atoms. The van der Waals surface area contributed by atoms with Crippen LogP contribution in [0.4, 0.5) is 5.13 Å². The number of hydrogen-bond donors (Lipinski definition) is 1. The second-order valence-corrected chi connectivity index (χ2v) is 7.62. The molecule has 2 heterocycles. The Labute approximate surface area is 148 Å². The molecule has 5 nitrogen and oxygen atoms in total. The molecule has 1 aliphatic rings. The highest BCUT2D eigenvalue weighted by Gasteiger charge is 2.29. The smallest absolute Gasteiger partial charge is 0.202 e. The van der Waals surface area contributed by atoms with Crippen LogP contribution in [0.15, 0.2) is 24.3 Å². The fraction of sp³-hybridized carbons (Fsp3) is 0.556. The lowest BCUT2D eigenvalue weighted by Crippen LogP contribution is -2.50. The maximum absolute atomic E-state index is 5.07. The van der Waals surface area contributed by atoms with Gasteiger partial charge in [0.05, 0.1) is 6.61 Å². The molecule has 0 radical (unpaired) electrons. The number of methoxy groups -OCH3 is 1. The van der Waals surface area contributed by atoms with Crippen LogP contribution >= 0.6 is 11.5 Å². The highest BCUT2D eigenvalue weighted by atomic mass is 32.1. The summed E-state index contributed by atoms with van der Waals surface area (Å²) >= 11 is 1.43. The number of hydrogen-bond acceptors (Lipinski definition) is 6. The topological polar surface area (TPSA) is 50.3 Å². The summed E-state index contributed by atoms with van der Waals surface area (Å²) < 4.78 is 9.45. The molecule has 3 rings (SSSR count). The van der Waals surface area contributed by atoms with E-state index in [1.54, 1.807) is 7.11 Å². The van der Waals surface area contributed by atoms with Crippen LogP contribution in [0.2, 0.25) is 0 Å². The van der Waals surface area contributed by atoms with Crippen LogP contribution in [0, 0.1) is 0 Å². The highest BCUT2D eigenvalue weighted by molar-refractivity contribution is 7.09. The largest absolute Gasteiger partial charge is 0.384 e. The number of aromatic nitrogens is 2. The third-order valence-corrected chi connectivity index (χ3v) is 5.37. The number of rotatable bonds is 7. The van der Waals surface area contributed by atoms with E-state index in [0.717, 1.165) is 43.4 Å². The van der Waals surface area contributed by atoms with Crippen molar-refractivity contribution < 1.29 is 4.74 Å². The van der Waals surface area contributed by atoms with E-state index < -0.39 is 0 Å². The normalized spacial score (nSPS) is 15.3. The van der Waals surface area contributed by atoms with Crippen molar-refractivity contribution in [3.63, 3.8) is 0 Å². The minimum absolute atomic E-state index is 0.0614. The predicted octanol–water partition coefficient (Wildman–Crippen LogP) is 2.98. The molecule has 0 bridgehead atoms. The zero-order valence-corrected chi connectivity index (χ0v) is 15.5. The fourth-order valence-electron chi connectivity index (χ4n) is 3.04. The lowest BCUT2D eigenvalue weighted by atomic mass is 9.94. The van der Waals surface area contributed by atoms with Gasteiger partial charge in [0.25, 0.3) is 0 Å². The molecule has 130 valence electrons. The van der Waals surface area contributed by atoms with E-state index in [1.165, 1.54) is 22.7 Å². The van der Waals surface area contributed by atoms with Crippen molar-refractivity contribution in [2.24, 2.45) is 0 Å². The quantitative estimate of drug-likeness (QED) is 0.835. The van der Waals surface area contributed by atoms with Gasteiger partial charge in [-0.3, -0.25) is 4.90 Å². The molecule has 0 unspecified atom stereocenters. The van der Waals surface area contributed by atoms with Gasteiger partial charge in [-0.05, 0) is 31.4 Å². The Morgan fingerprint density at radius 2 is 2.08 bits per heavy atom. The molecular weight excluding hydrogens is 320 g/mol. The third-order valence-electron chi connectivity index (χ3n) is 4.66. The second-order valence-electron chi connectivity index (χ2n) is 6.86. The summed E-state index contributed by atoms with van der Waals surface area (Å²) in [5, 5.41) is 4.36. The van der Waals surface area contributed by atoms with Crippen LogP contribution in [0.5, 0.6) is 0 Å². The molecule has 6 heteroatoms. The molecule has 0 saturated heterocycles. The summed E-state index contributed by atoms with van der Waals surface area (Å²) in [4.78, 5) is 7.08. The SMILES string of the molecule is COCCc1nsc(NCC(C)(C)N2CCc3ccccc3C2)n1. The van der Waals surface area contributed by atoms with Gasteiger partial charge in [-0.15, -0.1) is 0 Å². The van der Waals surface area contributed by atoms with E-state index in [2.05, 4.69) is 57.7 Å². The zero-order chi connectivity index (χ0) is 17.0. The van der Waals surface area contributed by atoms with Crippen LogP contribution in [0.1, 0.15) is 30.8 Å². The Kier molecular flexibility index (Phi) is 5.48. The summed E-state index contributed by atoms with van der Waals surface area (Å²) in [5.41, 5.74) is 3.00. The average molecular weight is 347 g/mol. The first kappa shape index (κ1) is 17.3. The van der Waals surface area contributed by atoms with Gasteiger partial charge >= 0.3 is 0 Å². The molecule has 2 aromatic rings. The first-order valence-corrected chi connectivity index (χ1v) is 9.23. The average Bonchev–Trinajstić information content (AvgIpc) is 3.06. The number of fused-ring (bicyclic) bond motifs is 1. The summed E-state index contributed by atoms with van der Waals surface area (Å²) in [7, 11) is 1.70. The van der Waals surface area contributed by atoms with E-state index >= 15 is 0 Å². The number of anilines is 1. The van der Waals surface area contributed by atoms with Gasteiger partial charge in [-0.25, -0.2) is 4.98 Å². The molecule has 1 aliphatic heterocycles. The highest BCUT2D eigenvalue weighted by Crippen LogP contribution is 2.26. The van der Waals surface area contributed by atoms with E-state index in [9.17, 15) is 0 Å². The van der Waals surface area contributed by atoms with Gasteiger partial charge in [0.15, 0.2) is 0 Å². The Hall–Kier alpha value is -1.50.